The molecule has 0 aliphatic carbocycles. The molecular weight excluding hydrogens is 156 g/mol. The smallest absolute Gasteiger partial charge is 0.235 e. The van der Waals surface area contributed by atoms with Gasteiger partial charge in [0.05, 0.1) is 13.7 Å². The van der Waals surface area contributed by atoms with E-state index in [1.165, 1.54) is 13.2 Å². The quantitative estimate of drug-likeness (QED) is 0.493. The van der Waals surface area contributed by atoms with E-state index >= 15 is 0 Å². The SMILES string of the molecule is COc1cc(CN=C=O)ccn1. The van der Waals surface area contributed by atoms with Crippen molar-refractivity contribution in [3.05, 3.63) is 23.9 Å². The second kappa shape index (κ2) is 4.26. The van der Waals surface area contributed by atoms with Gasteiger partial charge >= 0.3 is 0 Å². The normalized spacial score (nSPS) is 8.75. The Hall–Kier alpha value is -1.67. The van der Waals surface area contributed by atoms with Crippen LogP contribution in [0.15, 0.2) is 23.3 Å². The summed E-state index contributed by atoms with van der Waals surface area (Å²) in [5.41, 5.74) is 0.880. The maximum absolute atomic E-state index is 9.79. The van der Waals surface area contributed by atoms with E-state index in [2.05, 4.69) is 9.98 Å². The molecule has 4 heteroatoms. The molecule has 0 aliphatic rings. The van der Waals surface area contributed by atoms with E-state index in [0.29, 0.717) is 12.4 Å². The molecule has 0 aliphatic heterocycles. The van der Waals surface area contributed by atoms with Crippen molar-refractivity contribution < 1.29 is 9.53 Å². The number of methoxy groups -OCH3 is 1. The molecule has 0 spiro atoms. The number of hydrogen-bond donors (Lipinski definition) is 0. The number of aliphatic imine (C=N–C) groups is 1. The lowest BCUT2D eigenvalue weighted by molar-refractivity contribution is 0.397. The van der Waals surface area contributed by atoms with Gasteiger partial charge in [-0.05, 0) is 11.6 Å². The van der Waals surface area contributed by atoms with E-state index < -0.39 is 0 Å². The molecule has 0 saturated carbocycles. The molecule has 0 amide bonds. The first-order chi connectivity index (χ1) is 5.86. The summed E-state index contributed by atoms with van der Waals surface area (Å²) in [4.78, 5) is 17.1. The van der Waals surface area contributed by atoms with Gasteiger partial charge in [0.1, 0.15) is 0 Å². The van der Waals surface area contributed by atoms with Crippen LogP contribution in [0, 0.1) is 0 Å². The van der Waals surface area contributed by atoms with Crippen LogP contribution in [0.4, 0.5) is 0 Å². The number of aromatic nitrogens is 1. The Labute approximate surface area is 69.9 Å². The average Bonchev–Trinajstić information content (AvgIpc) is 2.15. The Balaban J connectivity index is 2.78. The van der Waals surface area contributed by atoms with Crippen molar-refractivity contribution in [3.8, 4) is 5.88 Å². The van der Waals surface area contributed by atoms with Gasteiger partial charge in [-0.1, -0.05) is 0 Å². The van der Waals surface area contributed by atoms with Crippen molar-refractivity contribution in [2.75, 3.05) is 7.11 Å². The van der Waals surface area contributed by atoms with Gasteiger partial charge in [0.25, 0.3) is 0 Å². The van der Waals surface area contributed by atoms with Crippen LogP contribution in [0.5, 0.6) is 5.88 Å². The van der Waals surface area contributed by atoms with Gasteiger partial charge in [-0.2, -0.15) is 0 Å². The highest BCUT2D eigenvalue weighted by Crippen LogP contribution is 2.08. The van der Waals surface area contributed by atoms with Crippen LogP contribution in [0.25, 0.3) is 0 Å². The van der Waals surface area contributed by atoms with Crippen molar-refractivity contribution in [1.82, 2.24) is 4.98 Å². The number of nitrogens with zero attached hydrogens (tertiary/aromatic N) is 2. The Bertz CT molecular complexity index is 306. The molecule has 12 heavy (non-hydrogen) atoms. The third-order valence-corrected chi connectivity index (χ3v) is 1.33. The fourth-order valence-electron chi connectivity index (χ4n) is 0.784. The molecule has 62 valence electrons. The maximum Gasteiger partial charge on any atom is 0.235 e. The van der Waals surface area contributed by atoms with Gasteiger partial charge < -0.3 is 4.74 Å². The van der Waals surface area contributed by atoms with Crippen molar-refractivity contribution in [2.45, 2.75) is 6.54 Å². The lowest BCUT2D eigenvalue weighted by atomic mass is 10.3. The monoisotopic (exact) mass is 164 g/mol. The highest BCUT2D eigenvalue weighted by molar-refractivity contribution is 5.34. The predicted molar refractivity (Wildman–Crippen MR) is 42.6 cm³/mol. The van der Waals surface area contributed by atoms with Crippen LogP contribution in [0.3, 0.4) is 0 Å². The standard InChI is InChI=1S/C8H8N2O2/c1-12-8-4-7(2-3-10-8)5-9-6-11/h2-4H,5H2,1H3. The van der Waals surface area contributed by atoms with Crippen LogP contribution < -0.4 is 4.74 Å². The number of isocyanates is 1. The highest BCUT2D eigenvalue weighted by atomic mass is 16.5. The van der Waals surface area contributed by atoms with E-state index in [-0.39, 0.29) is 0 Å². The van der Waals surface area contributed by atoms with Gasteiger partial charge in [0, 0.05) is 12.3 Å². The summed E-state index contributed by atoms with van der Waals surface area (Å²) in [5, 5.41) is 0. The highest BCUT2D eigenvalue weighted by Gasteiger charge is 1.94. The Morgan fingerprint density at radius 2 is 2.58 bits per heavy atom. The predicted octanol–water partition coefficient (Wildman–Crippen LogP) is 0.926. The Kier molecular flexibility index (Phi) is 2.99. The van der Waals surface area contributed by atoms with Gasteiger partial charge in [0.15, 0.2) is 0 Å². The summed E-state index contributed by atoms with van der Waals surface area (Å²) in [6.07, 6.45) is 3.07. The number of ether oxygens (including phenoxy) is 1. The minimum atomic E-state index is 0.322. The Morgan fingerprint density at radius 3 is 3.25 bits per heavy atom. The summed E-state index contributed by atoms with van der Waals surface area (Å²) in [5.74, 6) is 0.522. The first-order valence-corrected chi connectivity index (χ1v) is 3.39. The summed E-state index contributed by atoms with van der Waals surface area (Å²) >= 11 is 0. The summed E-state index contributed by atoms with van der Waals surface area (Å²) < 4.78 is 4.88. The minimum absolute atomic E-state index is 0.322. The number of carbonyl (C=O) groups excluding carboxylic acids is 1. The fourth-order valence-corrected chi connectivity index (χ4v) is 0.784. The second-order valence-electron chi connectivity index (χ2n) is 2.11. The summed E-state index contributed by atoms with van der Waals surface area (Å²) in [6.45, 7) is 0.322. The minimum Gasteiger partial charge on any atom is -0.481 e. The number of hydrogen-bond acceptors (Lipinski definition) is 4. The maximum atomic E-state index is 9.79. The lowest BCUT2D eigenvalue weighted by Crippen LogP contribution is -1.88. The molecule has 1 aromatic heterocycles. The van der Waals surface area contributed by atoms with Crippen LogP contribution in [-0.4, -0.2) is 18.2 Å². The molecule has 4 nitrogen and oxygen atoms in total. The third-order valence-electron chi connectivity index (χ3n) is 1.33. The largest absolute Gasteiger partial charge is 0.481 e. The van der Waals surface area contributed by atoms with E-state index in [9.17, 15) is 4.79 Å². The zero-order valence-electron chi connectivity index (χ0n) is 6.65. The van der Waals surface area contributed by atoms with Gasteiger partial charge in [0.2, 0.25) is 12.0 Å². The van der Waals surface area contributed by atoms with Crippen LogP contribution >= 0.6 is 0 Å². The molecular formula is C8H8N2O2. The zero-order valence-corrected chi connectivity index (χ0v) is 6.65. The molecule has 0 N–H and O–H groups in total. The van der Waals surface area contributed by atoms with Gasteiger partial charge in [-0.3, -0.25) is 0 Å². The molecule has 0 bridgehead atoms. The van der Waals surface area contributed by atoms with E-state index in [1.54, 1.807) is 18.3 Å². The van der Waals surface area contributed by atoms with Gasteiger partial charge in [-0.15, -0.1) is 0 Å². The molecule has 0 unspecified atom stereocenters. The molecule has 1 aromatic rings. The molecule has 0 aromatic carbocycles. The van der Waals surface area contributed by atoms with Crippen molar-refractivity contribution >= 4 is 6.08 Å². The van der Waals surface area contributed by atoms with Crippen LogP contribution in [-0.2, 0) is 11.3 Å². The van der Waals surface area contributed by atoms with Crippen molar-refractivity contribution in [3.63, 3.8) is 0 Å². The lowest BCUT2D eigenvalue weighted by Gasteiger charge is -1.98. The van der Waals surface area contributed by atoms with Gasteiger partial charge in [-0.25, -0.2) is 14.8 Å². The first kappa shape index (κ1) is 8.43. The average molecular weight is 164 g/mol. The van der Waals surface area contributed by atoms with E-state index in [4.69, 9.17) is 4.74 Å². The number of rotatable bonds is 3. The first-order valence-electron chi connectivity index (χ1n) is 3.39. The van der Waals surface area contributed by atoms with Crippen LogP contribution in [0.2, 0.25) is 0 Å². The zero-order chi connectivity index (χ0) is 8.81. The topological polar surface area (TPSA) is 51.5 Å². The third kappa shape index (κ3) is 2.18. The molecule has 1 heterocycles. The van der Waals surface area contributed by atoms with E-state index in [1.807, 2.05) is 0 Å². The van der Waals surface area contributed by atoms with E-state index in [0.717, 1.165) is 5.56 Å². The summed E-state index contributed by atoms with van der Waals surface area (Å²) in [6, 6.07) is 3.49. The van der Waals surface area contributed by atoms with Crippen LogP contribution in [0.1, 0.15) is 5.56 Å². The Morgan fingerprint density at radius 1 is 1.75 bits per heavy atom. The second-order valence-corrected chi connectivity index (χ2v) is 2.11. The molecule has 0 radical (unpaired) electrons. The molecule has 1 rings (SSSR count). The molecule has 0 saturated heterocycles. The van der Waals surface area contributed by atoms with Crippen molar-refractivity contribution in [1.29, 1.82) is 0 Å². The van der Waals surface area contributed by atoms with Crippen molar-refractivity contribution in [2.24, 2.45) is 4.99 Å². The summed E-state index contributed by atoms with van der Waals surface area (Å²) in [7, 11) is 1.54. The molecule has 0 atom stereocenters. The fraction of sp³-hybridized carbons (Fsp3) is 0.250. The molecule has 0 fully saturated rings. The number of pyridine rings is 1.